The summed E-state index contributed by atoms with van der Waals surface area (Å²) in [7, 11) is 0. The number of phenols is 2. The molecule has 0 fully saturated rings. The van der Waals surface area contributed by atoms with Crippen molar-refractivity contribution in [2.45, 2.75) is 32.9 Å². The van der Waals surface area contributed by atoms with Gasteiger partial charge < -0.3 is 20.4 Å². The van der Waals surface area contributed by atoms with Crippen molar-refractivity contribution in [3.05, 3.63) is 65.0 Å². The lowest BCUT2D eigenvalue weighted by atomic mass is 10.1. The number of phenolic OH excluding ortho intramolecular Hbond substituents is 2. The molecular formula is C21H22N4O3. The topological polar surface area (TPSA) is 101 Å². The summed E-state index contributed by atoms with van der Waals surface area (Å²) in [5.74, 6) is -0.536. The van der Waals surface area contributed by atoms with Gasteiger partial charge in [-0.15, -0.1) is 0 Å². The molecule has 0 saturated carbocycles. The van der Waals surface area contributed by atoms with Crippen molar-refractivity contribution < 1.29 is 15.0 Å². The fourth-order valence-electron chi connectivity index (χ4n) is 3.56. The number of fused-ring (bicyclic) bond motifs is 1. The van der Waals surface area contributed by atoms with Crippen LogP contribution in [-0.2, 0) is 13.1 Å². The molecule has 1 aliphatic heterocycles. The molecule has 28 heavy (non-hydrogen) atoms. The van der Waals surface area contributed by atoms with Crippen LogP contribution in [0.3, 0.4) is 0 Å². The Morgan fingerprint density at radius 1 is 1.14 bits per heavy atom. The number of nitrogens with zero attached hydrogens (tertiary/aromatic N) is 2. The predicted octanol–water partition coefficient (Wildman–Crippen LogP) is 3.84. The Kier molecular flexibility index (Phi) is 4.43. The average molecular weight is 378 g/mol. The van der Waals surface area contributed by atoms with Gasteiger partial charge in [0.1, 0.15) is 17.1 Å². The lowest BCUT2D eigenvalue weighted by molar-refractivity contribution is 0.0749. The number of amides is 1. The number of anilines is 2. The number of nitrogens with one attached hydrogen (secondary N) is 2. The number of rotatable bonds is 4. The number of H-pyrrole nitrogens is 1. The van der Waals surface area contributed by atoms with Crippen LogP contribution >= 0.6 is 0 Å². The molecule has 0 bridgehead atoms. The molecule has 144 valence electrons. The Morgan fingerprint density at radius 3 is 2.46 bits per heavy atom. The zero-order valence-electron chi connectivity index (χ0n) is 15.7. The number of benzene rings is 2. The van der Waals surface area contributed by atoms with Crippen LogP contribution in [0.1, 0.15) is 46.9 Å². The Hall–Kier alpha value is -3.48. The lowest BCUT2D eigenvalue weighted by Crippen LogP contribution is -2.26. The second-order valence-electron chi connectivity index (χ2n) is 7.28. The van der Waals surface area contributed by atoms with E-state index in [0.29, 0.717) is 24.5 Å². The summed E-state index contributed by atoms with van der Waals surface area (Å²) in [6, 6.07) is 10.5. The van der Waals surface area contributed by atoms with Crippen molar-refractivity contribution in [2.75, 3.05) is 5.32 Å². The summed E-state index contributed by atoms with van der Waals surface area (Å²) < 4.78 is 0. The van der Waals surface area contributed by atoms with Crippen LogP contribution in [-0.4, -0.2) is 31.2 Å². The Morgan fingerprint density at radius 2 is 1.82 bits per heavy atom. The average Bonchev–Trinajstić information content (AvgIpc) is 3.27. The van der Waals surface area contributed by atoms with Crippen LogP contribution in [0.2, 0.25) is 0 Å². The zero-order chi connectivity index (χ0) is 19.8. The van der Waals surface area contributed by atoms with E-state index in [4.69, 9.17) is 0 Å². The number of aromatic hydroxyl groups is 2. The molecule has 1 amide bonds. The quantitative estimate of drug-likeness (QED) is 0.552. The van der Waals surface area contributed by atoms with Crippen LogP contribution < -0.4 is 5.32 Å². The number of hydrogen-bond acceptors (Lipinski definition) is 5. The minimum absolute atomic E-state index is 0.126. The Balaban J connectivity index is 1.69. The van der Waals surface area contributed by atoms with Gasteiger partial charge in [-0.2, -0.15) is 5.10 Å². The van der Waals surface area contributed by atoms with Crippen molar-refractivity contribution in [3.63, 3.8) is 0 Å². The normalized spacial score (nSPS) is 13.0. The minimum atomic E-state index is -0.300. The molecule has 2 heterocycles. The summed E-state index contributed by atoms with van der Waals surface area (Å²) in [6.07, 6.45) is 1.69. The second kappa shape index (κ2) is 6.92. The van der Waals surface area contributed by atoms with Gasteiger partial charge in [0, 0.05) is 31.4 Å². The highest BCUT2D eigenvalue weighted by Crippen LogP contribution is 2.36. The summed E-state index contributed by atoms with van der Waals surface area (Å²) >= 11 is 0. The molecule has 0 radical (unpaired) electrons. The molecule has 3 aromatic rings. The van der Waals surface area contributed by atoms with Crippen molar-refractivity contribution >= 4 is 17.3 Å². The molecule has 4 rings (SSSR count). The first-order valence-corrected chi connectivity index (χ1v) is 9.16. The van der Waals surface area contributed by atoms with Crippen LogP contribution in [0.4, 0.5) is 11.4 Å². The van der Waals surface area contributed by atoms with E-state index in [-0.39, 0.29) is 28.9 Å². The first kappa shape index (κ1) is 17.9. The third-order valence-corrected chi connectivity index (χ3v) is 4.93. The predicted molar refractivity (Wildman–Crippen MR) is 106 cm³/mol. The van der Waals surface area contributed by atoms with E-state index in [2.05, 4.69) is 15.5 Å². The smallest absolute Gasteiger partial charge is 0.260 e. The first-order chi connectivity index (χ1) is 13.4. The number of hydrogen-bond donors (Lipinski definition) is 4. The van der Waals surface area contributed by atoms with E-state index in [0.717, 1.165) is 16.8 Å². The van der Waals surface area contributed by atoms with E-state index in [1.807, 2.05) is 38.1 Å². The number of carbonyl (C=O) groups is 1. The number of aromatic amines is 1. The van der Waals surface area contributed by atoms with Crippen LogP contribution in [0.25, 0.3) is 0 Å². The van der Waals surface area contributed by atoms with Gasteiger partial charge >= 0.3 is 0 Å². The summed E-state index contributed by atoms with van der Waals surface area (Å²) in [5, 5.41) is 30.6. The fourth-order valence-corrected chi connectivity index (χ4v) is 3.56. The van der Waals surface area contributed by atoms with Crippen molar-refractivity contribution in [2.24, 2.45) is 0 Å². The molecule has 7 heteroatoms. The molecular weight excluding hydrogens is 356 g/mol. The molecule has 0 unspecified atom stereocenters. The van der Waals surface area contributed by atoms with E-state index >= 15 is 0 Å². The van der Waals surface area contributed by atoms with Gasteiger partial charge in [0.25, 0.3) is 5.91 Å². The van der Waals surface area contributed by atoms with Crippen LogP contribution in [0, 0.1) is 0 Å². The first-order valence-electron chi connectivity index (χ1n) is 9.16. The maximum absolute atomic E-state index is 13.2. The number of aromatic nitrogens is 2. The number of carbonyl (C=O) groups excluding carboxylic acids is 1. The molecule has 1 aliphatic rings. The van der Waals surface area contributed by atoms with Crippen molar-refractivity contribution in [3.8, 4) is 11.5 Å². The maximum Gasteiger partial charge on any atom is 0.260 e. The van der Waals surface area contributed by atoms with E-state index in [9.17, 15) is 15.0 Å². The summed E-state index contributed by atoms with van der Waals surface area (Å²) in [6.45, 7) is 4.99. The van der Waals surface area contributed by atoms with Crippen LogP contribution in [0.5, 0.6) is 11.5 Å². The Bertz CT molecular complexity index is 1020. The second-order valence-corrected chi connectivity index (χ2v) is 7.28. The van der Waals surface area contributed by atoms with Gasteiger partial charge in [0.05, 0.1) is 17.1 Å². The van der Waals surface area contributed by atoms with E-state index in [1.54, 1.807) is 11.1 Å². The van der Waals surface area contributed by atoms with Gasteiger partial charge in [0.15, 0.2) is 0 Å². The molecule has 4 N–H and O–H groups in total. The largest absolute Gasteiger partial charge is 0.508 e. The zero-order valence-corrected chi connectivity index (χ0v) is 15.7. The molecule has 7 nitrogen and oxygen atoms in total. The van der Waals surface area contributed by atoms with Gasteiger partial charge in [-0.05, 0) is 17.0 Å². The highest BCUT2D eigenvalue weighted by atomic mass is 16.3. The molecule has 0 aliphatic carbocycles. The third kappa shape index (κ3) is 3.15. The third-order valence-electron chi connectivity index (χ3n) is 4.93. The van der Waals surface area contributed by atoms with E-state index in [1.165, 1.54) is 12.1 Å². The maximum atomic E-state index is 13.2. The fraction of sp³-hybridized carbons (Fsp3) is 0.238. The summed E-state index contributed by atoms with van der Waals surface area (Å²) in [5.41, 5.74) is 4.15. The van der Waals surface area contributed by atoms with E-state index < -0.39 is 0 Å². The van der Waals surface area contributed by atoms with Crippen molar-refractivity contribution in [1.82, 2.24) is 15.1 Å². The minimum Gasteiger partial charge on any atom is -0.508 e. The molecule has 0 atom stereocenters. The Labute approximate surface area is 162 Å². The monoisotopic (exact) mass is 378 g/mol. The van der Waals surface area contributed by atoms with Crippen molar-refractivity contribution in [1.29, 1.82) is 0 Å². The van der Waals surface area contributed by atoms with Gasteiger partial charge in [-0.3, -0.25) is 9.89 Å². The van der Waals surface area contributed by atoms with Gasteiger partial charge in [-0.25, -0.2) is 0 Å². The summed E-state index contributed by atoms with van der Waals surface area (Å²) in [4.78, 5) is 14.9. The molecule has 1 aromatic heterocycles. The van der Waals surface area contributed by atoms with Gasteiger partial charge in [0.2, 0.25) is 0 Å². The van der Waals surface area contributed by atoms with Gasteiger partial charge in [-0.1, -0.05) is 38.1 Å². The molecule has 0 saturated heterocycles. The standard InChI is InChI=1S/C21H22N4O3/c1-12(2)20-17(9-22-24-20)23-16-7-15(26)8-18(27)19(16)21(28)25-10-13-5-3-4-6-14(13)11-25/h3-9,12,23,26-27H,10-11H2,1-2H3,(H,22,24). The highest BCUT2D eigenvalue weighted by Gasteiger charge is 2.28. The highest BCUT2D eigenvalue weighted by molar-refractivity contribution is 6.03. The van der Waals surface area contributed by atoms with Crippen LogP contribution in [0.15, 0.2) is 42.6 Å². The SMILES string of the molecule is CC(C)c1n[nH]cc1Nc1cc(O)cc(O)c1C(=O)N1Cc2ccccc2C1. The molecule has 0 spiro atoms. The molecule has 2 aromatic carbocycles. The lowest BCUT2D eigenvalue weighted by Gasteiger charge is -2.20.